The third-order valence-electron chi connectivity index (χ3n) is 5.33. The number of amides is 1. The molecule has 1 N–H and O–H groups in total. The highest BCUT2D eigenvalue weighted by Gasteiger charge is 2.32. The van der Waals surface area contributed by atoms with Crippen LogP contribution < -0.4 is 10.1 Å². The van der Waals surface area contributed by atoms with Gasteiger partial charge in [-0.25, -0.2) is 8.42 Å². The van der Waals surface area contributed by atoms with E-state index in [9.17, 15) is 18.0 Å². The van der Waals surface area contributed by atoms with Crippen molar-refractivity contribution in [1.82, 2.24) is 4.31 Å². The Balaban J connectivity index is 1.82. The molecule has 1 aromatic rings. The highest BCUT2D eigenvalue weighted by Crippen LogP contribution is 2.32. The maximum Gasteiger partial charge on any atom is 0.246 e. The molecule has 9 heteroatoms. The van der Waals surface area contributed by atoms with Crippen LogP contribution in [0.2, 0.25) is 0 Å². The van der Waals surface area contributed by atoms with Crippen molar-refractivity contribution in [2.75, 3.05) is 38.7 Å². The van der Waals surface area contributed by atoms with Crippen LogP contribution in [0.5, 0.6) is 5.75 Å². The Hall–Kier alpha value is -1.97. The lowest BCUT2D eigenvalue weighted by atomic mass is 9.79. The lowest BCUT2D eigenvalue weighted by Gasteiger charge is -2.28. The molecule has 0 spiro atoms. The predicted octanol–water partition coefficient (Wildman–Crippen LogP) is 1.66. The monoisotopic (exact) mass is 410 g/mol. The van der Waals surface area contributed by atoms with E-state index in [0.717, 1.165) is 0 Å². The van der Waals surface area contributed by atoms with Crippen LogP contribution in [0.1, 0.15) is 26.2 Å². The summed E-state index contributed by atoms with van der Waals surface area (Å²) in [6.07, 6.45) is 1.32. The molecule has 1 aromatic carbocycles. The summed E-state index contributed by atoms with van der Waals surface area (Å²) in [6.45, 7) is 3.13. The Morgan fingerprint density at radius 2 is 2.00 bits per heavy atom. The number of ketones is 1. The van der Waals surface area contributed by atoms with Crippen molar-refractivity contribution in [3.05, 3.63) is 18.2 Å². The molecule has 1 saturated heterocycles. The van der Waals surface area contributed by atoms with Crippen LogP contribution in [-0.4, -0.2) is 57.8 Å². The number of hydrogen-bond acceptors (Lipinski definition) is 6. The lowest BCUT2D eigenvalue weighted by Crippen LogP contribution is -2.40. The minimum atomic E-state index is -3.77. The van der Waals surface area contributed by atoms with Gasteiger partial charge in [0.1, 0.15) is 16.4 Å². The second-order valence-electron chi connectivity index (χ2n) is 7.24. The van der Waals surface area contributed by atoms with Gasteiger partial charge in [0.05, 0.1) is 20.3 Å². The van der Waals surface area contributed by atoms with E-state index in [2.05, 4.69) is 5.32 Å². The van der Waals surface area contributed by atoms with Gasteiger partial charge in [0.15, 0.2) is 0 Å². The summed E-state index contributed by atoms with van der Waals surface area (Å²) in [5, 5.41) is 2.81. The fourth-order valence-electron chi connectivity index (χ4n) is 3.71. The second kappa shape index (κ2) is 8.59. The standard InChI is InChI=1S/C19H26N2O6S/c1-13-11-15(22)4-5-16(13)19(23)20-14-3-6-17(26-2)18(12-14)28(24,25)21-7-9-27-10-8-21/h3,6,12-13,16H,4-5,7-11H2,1-2H3,(H,20,23). The Kier molecular flexibility index (Phi) is 6.36. The summed E-state index contributed by atoms with van der Waals surface area (Å²) in [7, 11) is -2.36. The molecule has 2 unspecified atom stereocenters. The molecule has 0 radical (unpaired) electrons. The predicted molar refractivity (Wildman–Crippen MR) is 103 cm³/mol. The molecule has 1 saturated carbocycles. The van der Waals surface area contributed by atoms with E-state index in [4.69, 9.17) is 9.47 Å². The number of nitrogens with zero attached hydrogens (tertiary/aromatic N) is 1. The molecule has 1 aliphatic carbocycles. The molecule has 1 heterocycles. The van der Waals surface area contributed by atoms with Gasteiger partial charge in [-0.15, -0.1) is 0 Å². The van der Waals surface area contributed by atoms with Crippen molar-refractivity contribution >= 4 is 27.4 Å². The highest BCUT2D eigenvalue weighted by atomic mass is 32.2. The van der Waals surface area contributed by atoms with Gasteiger partial charge in [-0.1, -0.05) is 6.92 Å². The molecule has 28 heavy (non-hydrogen) atoms. The zero-order valence-electron chi connectivity index (χ0n) is 16.1. The summed E-state index contributed by atoms with van der Waals surface area (Å²) in [5.41, 5.74) is 0.390. The fourth-order valence-corrected chi connectivity index (χ4v) is 5.30. The average Bonchev–Trinajstić information content (AvgIpc) is 2.68. The van der Waals surface area contributed by atoms with Crippen LogP contribution in [0.4, 0.5) is 5.69 Å². The lowest BCUT2D eigenvalue weighted by molar-refractivity contribution is -0.127. The van der Waals surface area contributed by atoms with Gasteiger partial charge < -0.3 is 14.8 Å². The normalized spacial score (nSPS) is 24.0. The first-order valence-electron chi connectivity index (χ1n) is 9.41. The van der Waals surface area contributed by atoms with E-state index in [-0.39, 0.29) is 47.3 Å². The second-order valence-corrected chi connectivity index (χ2v) is 9.14. The summed E-state index contributed by atoms with van der Waals surface area (Å²) in [5.74, 6) is -0.0870. The van der Waals surface area contributed by atoms with Gasteiger partial charge in [0, 0.05) is 37.5 Å². The maximum atomic E-state index is 13.0. The van der Waals surface area contributed by atoms with Gasteiger partial charge in [-0.05, 0) is 30.5 Å². The first-order valence-corrected chi connectivity index (χ1v) is 10.9. The third kappa shape index (κ3) is 4.37. The Morgan fingerprint density at radius 3 is 2.64 bits per heavy atom. The van der Waals surface area contributed by atoms with E-state index in [1.807, 2.05) is 6.92 Å². The first kappa shape index (κ1) is 20.8. The number of carbonyl (C=O) groups excluding carboxylic acids is 2. The number of hydrogen-bond donors (Lipinski definition) is 1. The van der Waals surface area contributed by atoms with Gasteiger partial charge >= 0.3 is 0 Å². The number of morpholine rings is 1. The molecule has 2 atom stereocenters. The maximum absolute atomic E-state index is 13.0. The molecule has 1 aliphatic heterocycles. The number of rotatable bonds is 5. The van der Waals surface area contributed by atoms with Crippen LogP contribution in [0, 0.1) is 11.8 Å². The van der Waals surface area contributed by atoms with Crippen LogP contribution >= 0.6 is 0 Å². The van der Waals surface area contributed by atoms with Crippen LogP contribution in [-0.2, 0) is 24.3 Å². The van der Waals surface area contributed by atoms with E-state index >= 15 is 0 Å². The number of anilines is 1. The number of Topliss-reactive ketones (excluding diaryl/α,β-unsaturated/α-hetero) is 1. The summed E-state index contributed by atoms with van der Waals surface area (Å²) in [4.78, 5) is 24.2. The molecule has 3 rings (SSSR count). The minimum absolute atomic E-state index is 0.0153. The molecule has 0 bridgehead atoms. The number of sulfonamides is 1. The van der Waals surface area contributed by atoms with E-state index in [1.54, 1.807) is 6.07 Å². The van der Waals surface area contributed by atoms with Crippen molar-refractivity contribution in [3.63, 3.8) is 0 Å². The van der Waals surface area contributed by atoms with Crippen molar-refractivity contribution < 1.29 is 27.5 Å². The molecule has 2 fully saturated rings. The van der Waals surface area contributed by atoms with Crippen LogP contribution in [0.25, 0.3) is 0 Å². The van der Waals surface area contributed by atoms with Crippen molar-refractivity contribution in [1.29, 1.82) is 0 Å². The topological polar surface area (TPSA) is 102 Å². The Morgan fingerprint density at radius 1 is 1.29 bits per heavy atom. The van der Waals surface area contributed by atoms with Crippen LogP contribution in [0.15, 0.2) is 23.1 Å². The number of ether oxygens (including phenoxy) is 2. The summed E-state index contributed by atoms with van der Waals surface area (Å²) in [6, 6.07) is 4.59. The SMILES string of the molecule is COc1ccc(NC(=O)C2CCC(=O)CC2C)cc1S(=O)(=O)N1CCOCC1. The number of carbonyl (C=O) groups is 2. The first-order chi connectivity index (χ1) is 13.3. The van der Waals surface area contributed by atoms with E-state index in [0.29, 0.717) is 38.2 Å². The molecule has 2 aliphatic rings. The molecule has 8 nitrogen and oxygen atoms in total. The zero-order chi connectivity index (χ0) is 20.3. The molecule has 154 valence electrons. The number of methoxy groups -OCH3 is 1. The molecular formula is C19H26N2O6S. The van der Waals surface area contributed by atoms with E-state index in [1.165, 1.54) is 23.5 Å². The minimum Gasteiger partial charge on any atom is -0.495 e. The van der Waals surface area contributed by atoms with Crippen LogP contribution in [0.3, 0.4) is 0 Å². The molecule has 0 aromatic heterocycles. The van der Waals surface area contributed by atoms with Gasteiger partial charge in [-0.2, -0.15) is 4.31 Å². The van der Waals surface area contributed by atoms with Gasteiger partial charge in [-0.3, -0.25) is 9.59 Å². The Bertz CT molecular complexity index is 848. The fraction of sp³-hybridized carbons (Fsp3) is 0.579. The zero-order valence-corrected chi connectivity index (χ0v) is 17.0. The van der Waals surface area contributed by atoms with Crippen molar-refractivity contribution in [2.45, 2.75) is 31.1 Å². The van der Waals surface area contributed by atoms with Crippen molar-refractivity contribution in [2.24, 2.45) is 11.8 Å². The third-order valence-corrected chi connectivity index (χ3v) is 7.25. The highest BCUT2D eigenvalue weighted by molar-refractivity contribution is 7.89. The number of nitrogens with one attached hydrogen (secondary N) is 1. The largest absolute Gasteiger partial charge is 0.495 e. The molecular weight excluding hydrogens is 384 g/mol. The molecule has 1 amide bonds. The average molecular weight is 410 g/mol. The van der Waals surface area contributed by atoms with Gasteiger partial charge in [0.25, 0.3) is 0 Å². The summed E-state index contributed by atoms with van der Waals surface area (Å²) < 4.78 is 37.9. The smallest absolute Gasteiger partial charge is 0.246 e. The quantitative estimate of drug-likeness (QED) is 0.792. The van der Waals surface area contributed by atoms with E-state index < -0.39 is 10.0 Å². The van der Waals surface area contributed by atoms with Crippen molar-refractivity contribution in [3.8, 4) is 5.75 Å². The Labute approximate surface area is 165 Å². The number of benzene rings is 1. The van der Waals surface area contributed by atoms with Gasteiger partial charge in [0.2, 0.25) is 15.9 Å². The summed E-state index contributed by atoms with van der Waals surface area (Å²) >= 11 is 0.